The number of hydrogen-bond acceptors (Lipinski definition) is 2. The second kappa shape index (κ2) is 5.65. The van der Waals surface area contributed by atoms with Crippen LogP contribution in [0.1, 0.15) is 26.3 Å². The van der Waals surface area contributed by atoms with Crippen molar-refractivity contribution in [2.75, 3.05) is 13.1 Å². The van der Waals surface area contributed by atoms with Gasteiger partial charge in [-0.25, -0.2) is 0 Å². The third-order valence-corrected chi connectivity index (χ3v) is 3.82. The molecule has 20 heavy (non-hydrogen) atoms. The number of benzene rings is 1. The minimum Gasteiger partial charge on any atom is -0.352 e. The minimum absolute atomic E-state index is 0.0497. The highest BCUT2D eigenvalue weighted by molar-refractivity contribution is 5.87. The molecule has 1 aromatic rings. The number of piperazine rings is 1. The molecule has 1 heterocycles. The van der Waals surface area contributed by atoms with Crippen molar-refractivity contribution in [1.29, 1.82) is 0 Å². The molecule has 1 saturated heterocycles. The second-order valence-corrected chi connectivity index (χ2v) is 6.10. The van der Waals surface area contributed by atoms with Crippen molar-refractivity contribution in [2.24, 2.45) is 5.92 Å². The van der Waals surface area contributed by atoms with Crippen LogP contribution in [0.5, 0.6) is 0 Å². The molecule has 1 aliphatic rings. The highest BCUT2D eigenvalue weighted by Gasteiger charge is 2.37. The molecule has 0 saturated carbocycles. The highest BCUT2D eigenvalue weighted by Crippen LogP contribution is 2.21. The van der Waals surface area contributed by atoms with Crippen LogP contribution in [-0.4, -0.2) is 35.3 Å². The van der Waals surface area contributed by atoms with Crippen LogP contribution in [0.15, 0.2) is 30.3 Å². The number of amides is 2. The van der Waals surface area contributed by atoms with Crippen LogP contribution in [0.3, 0.4) is 0 Å². The van der Waals surface area contributed by atoms with Crippen LogP contribution in [-0.2, 0) is 16.0 Å². The molecule has 1 aromatic carbocycles. The number of nitrogens with one attached hydrogen (secondary N) is 1. The monoisotopic (exact) mass is 274 g/mol. The van der Waals surface area contributed by atoms with E-state index in [0.717, 1.165) is 5.56 Å². The third-order valence-electron chi connectivity index (χ3n) is 3.82. The molecule has 0 unspecified atom stereocenters. The van der Waals surface area contributed by atoms with E-state index in [1.54, 1.807) is 4.90 Å². The minimum atomic E-state index is -0.323. The van der Waals surface area contributed by atoms with Crippen molar-refractivity contribution >= 4 is 11.8 Å². The Balaban J connectivity index is 2.07. The van der Waals surface area contributed by atoms with E-state index in [1.807, 2.05) is 51.1 Å². The Morgan fingerprint density at radius 2 is 2.00 bits per heavy atom. The van der Waals surface area contributed by atoms with Crippen LogP contribution in [0.2, 0.25) is 0 Å². The molecule has 2 amide bonds. The maximum Gasteiger partial charge on any atom is 0.239 e. The van der Waals surface area contributed by atoms with E-state index < -0.39 is 0 Å². The predicted octanol–water partition coefficient (Wildman–Crippen LogP) is 1.60. The number of nitrogens with zero attached hydrogens (tertiary/aromatic N) is 1. The van der Waals surface area contributed by atoms with E-state index in [2.05, 4.69) is 5.32 Å². The van der Waals surface area contributed by atoms with Crippen molar-refractivity contribution in [3.63, 3.8) is 0 Å². The van der Waals surface area contributed by atoms with Crippen molar-refractivity contribution in [1.82, 2.24) is 10.2 Å². The summed E-state index contributed by atoms with van der Waals surface area (Å²) in [7, 11) is 0. The number of rotatable bonds is 3. The summed E-state index contributed by atoms with van der Waals surface area (Å²) in [5.74, 6) is -0.152. The highest BCUT2D eigenvalue weighted by atomic mass is 16.2. The average Bonchev–Trinajstić information content (AvgIpc) is 2.42. The zero-order valence-electron chi connectivity index (χ0n) is 12.3. The van der Waals surface area contributed by atoms with Crippen molar-refractivity contribution in [3.8, 4) is 0 Å². The van der Waals surface area contributed by atoms with Gasteiger partial charge >= 0.3 is 0 Å². The number of hydrogen-bond donors (Lipinski definition) is 1. The Kier molecular flexibility index (Phi) is 4.12. The summed E-state index contributed by atoms with van der Waals surface area (Å²) >= 11 is 0. The van der Waals surface area contributed by atoms with Crippen molar-refractivity contribution in [3.05, 3.63) is 35.9 Å². The van der Waals surface area contributed by atoms with Gasteiger partial charge in [0.15, 0.2) is 0 Å². The summed E-state index contributed by atoms with van der Waals surface area (Å²) in [5, 5.41) is 2.81. The third kappa shape index (κ3) is 3.18. The van der Waals surface area contributed by atoms with E-state index >= 15 is 0 Å². The molecule has 0 bridgehead atoms. The molecular formula is C16H22N2O2. The Morgan fingerprint density at radius 3 is 2.65 bits per heavy atom. The second-order valence-electron chi connectivity index (χ2n) is 6.10. The van der Waals surface area contributed by atoms with Gasteiger partial charge in [-0.15, -0.1) is 0 Å². The maximum absolute atomic E-state index is 12.6. The van der Waals surface area contributed by atoms with Crippen LogP contribution < -0.4 is 5.32 Å². The smallest absolute Gasteiger partial charge is 0.239 e. The summed E-state index contributed by atoms with van der Waals surface area (Å²) in [4.78, 5) is 25.9. The summed E-state index contributed by atoms with van der Waals surface area (Å²) in [6, 6.07) is 9.97. The van der Waals surface area contributed by atoms with Gasteiger partial charge in [0.25, 0.3) is 0 Å². The summed E-state index contributed by atoms with van der Waals surface area (Å²) in [5.41, 5.74) is 0.822. The first kappa shape index (κ1) is 14.6. The molecule has 108 valence electrons. The van der Waals surface area contributed by atoms with Crippen LogP contribution in [0.25, 0.3) is 0 Å². The molecule has 1 atom stereocenters. The first-order valence-electron chi connectivity index (χ1n) is 7.02. The lowest BCUT2D eigenvalue weighted by atomic mass is 9.94. The van der Waals surface area contributed by atoms with E-state index in [1.165, 1.54) is 0 Å². The van der Waals surface area contributed by atoms with Gasteiger partial charge in [0, 0.05) is 12.5 Å². The first-order valence-corrected chi connectivity index (χ1v) is 7.02. The van der Waals surface area contributed by atoms with Gasteiger partial charge in [-0.05, 0) is 25.8 Å². The normalized spacial score (nSPS) is 19.4. The van der Waals surface area contributed by atoms with Crippen LogP contribution in [0, 0.1) is 5.92 Å². The fourth-order valence-corrected chi connectivity index (χ4v) is 2.52. The van der Waals surface area contributed by atoms with E-state index in [4.69, 9.17) is 0 Å². The molecule has 2 rings (SSSR count). The molecule has 4 heteroatoms. The molecule has 0 radical (unpaired) electrons. The van der Waals surface area contributed by atoms with Gasteiger partial charge in [0.05, 0.1) is 5.54 Å². The maximum atomic E-state index is 12.6. The fraction of sp³-hybridized carbons (Fsp3) is 0.500. The van der Waals surface area contributed by atoms with Gasteiger partial charge in [0.1, 0.15) is 6.54 Å². The Bertz CT molecular complexity index is 496. The lowest BCUT2D eigenvalue weighted by Gasteiger charge is -2.43. The molecule has 0 spiro atoms. The van der Waals surface area contributed by atoms with Gasteiger partial charge in [-0.2, -0.15) is 0 Å². The van der Waals surface area contributed by atoms with E-state index in [-0.39, 0.29) is 29.8 Å². The predicted molar refractivity (Wildman–Crippen MR) is 78.1 cm³/mol. The fourth-order valence-electron chi connectivity index (χ4n) is 2.52. The summed E-state index contributed by atoms with van der Waals surface area (Å²) in [6.45, 7) is 6.57. The standard InChI is InChI=1S/C16H22N2O2/c1-12(9-13-7-5-4-6-8-13)15(20)18-10-14(19)17-11-16(18,2)3/h4-8,12H,9-11H2,1-3H3,(H,17,19)/t12-/m1/s1. The number of carbonyl (C=O) groups excluding carboxylic acids is 2. The molecule has 4 nitrogen and oxygen atoms in total. The zero-order chi connectivity index (χ0) is 14.8. The van der Waals surface area contributed by atoms with Crippen molar-refractivity contribution in [2.45, 2.75) is 32.7 Å². The molecule has 0 aliphatic carbocycles. The van der Waals surface area contributed by atoms with Crippen LogP contribution in [0.4, 0.5) is 0 Å². The average molecular weight is 274 g/mol. The van der Waals surface area contributed by atoms with Crippen molar-refractivity contribution < 1.29 is 9.59 Å². The van der Waals surface area contributed by atoms with Gasteiger partial charge < -0.3 is 10.2 Å². The summed E-state index contributed by atoms with van der Waals surface area (Å²) in [6.07, 6.45) is 0.702. The lowest BCUT2D eigenvalue weighted by Crippen LogP contribution is -2.63. The lowest BCUT2D eigenvalue weighted by molar-refractivity contribution is -0.148. The first-order chi connectivity index (χ1) is 9.40. The molecule has 1 N–H and O–H groups in total. The quantitative estimate of drug-likeness (QED) is 0.910. The summed E-state index contributed by atoms with van der Waals surface area (Å²) < 4.78 is 0. The number of carbonyl (C=O) groups is 2. The largest absolute Gasteiger partial charge is 0.352 e. The Morgan fingerprint density at radius 1 is 1.35 bits per heavy atom. The molecule has 1 fully saturated rings. The van der Waals surface area contributed by atoms with Crippen LogP contribution >= 0.6 is 0 Å². The van der Waals surface area contributed by atoms with E-state index in [9.17, 15) is 9.59 Å². The Labute approximate surface area is 120 Å². The van der Waals surface area contributed by atoms with E-state index in [0.29, 0.717) is 13.0 Å². The topological polar surface area (TPSA) is 49.4 Å². The molecular weight excluding hydrogens is 252 g/mol. The molecule has 0 aromatic heterocycles. The molecule has 1 aliphatic heterocycles. The zero-order valence-corrected chi connectivity index (χ0v) is 12.3. The van der Waals surface area contributed by atoms with Gasteiger partial charge in [-0.3, -0.25) is 9.59 Å². The van der Waals surface area contributed by atoms with Gasteiger partial charge in [-0.1, -0.05) is 37.3 Å². The SMILES string of the molecule is C[C@H](Cc1ccccc1)C(=O)N1CC(=O)NCC1(C)C. The Hall–Kier alpha value is -1.84. The van der Waals surface area contributed by atoms with Gasteiger partial charge in [0.2, 0.25) is 11.8 Å².